The van der Waals surface area contributed by atoms with Crippen LogP contribution < -0.4 is 10.6 Å². The van der Waals surface area contributed by atoms with Crippen molar-refractivity contribution in [3.8, 4) is 0 Å². The molecule has 0 saturated carbocycles. The molecule has 132 valence electrons. The third kappa shape index (κ3) is 3.06. The van der Waals surface area contributed by atoms with Gasteiger partial charge in [0.05, 0.1) is 16.7 Å². The summed E-state index contributed by atoms with van der Waals surface area (Å²) >= 11 is 6.05. The van der Waals surface area contributed by atoms with Gasteiger partial charge >= 0.3 is 0 Å². The fraction of sp³-hybridized carbons (Fsp3) is 0.562. The minimum atomic E-state index is -3.62. The molecule has 2 fully saturated rings. The van der Waals surface area contributed by atoms with Crippen molar-refractivity contribution in [1.82, 2.24) is 14.9 Å². The lowest BCUT2D eigenvalue weighted by Gasteiger charge is -2.39. The Morgan fingerprint density at radius 1 is 1.25 bits per heavy atom. The molecule has 3 rings (SSSR count). The lowest BCUT2D eigenvalue weighted by Crippen LogP contribution is -2.58. The number of carbonyl (C=O) groups is 1. The molecule has 24 heavy (non-hydrogen) atoms. The van der Waals surface area contributed by atoms with Crippen LogP contribution >= 0.6 is 11.6 Å². The Hall–Kier alpha value is -1.15. The molecule has 2 heterocycles. The summed E-state index contributed by atoms with van der Waals surface area (Å²) in [5.74, 6) is 0.182. The number of sulfonamides is 1. The summed E-state index contributed by atoms with van der Waals surface area (Å²) in [7, 11) is -3.62. The van der Waals surface area contributed by atoms with Gasteiger partial charge in [-0.3, -0.25) is 10.1 Å². The monoisotopic (exact) mass is 371 g/mol. The largest absolute Gasteiger partial charge is 0.337 e. The molecule has 8 heteroatoms. The van der Waals surface area contributed by atoms with E-state index in [1.165, 1.54) is 10.4 Å². The quantitative estimate of drug-likeness (QED) is 0.845. The van der Waals surface area contributed by atoms with Crippen molar-refractivity contribution in [2.24, 2.45) is 5.92 Å². The predicted octanol–water partition coefficient (Wildman–Crippen LogP) is 1.56. The van der Waals surface area contributed by atoms with Gasteiger partial charge in [-0.05, 0) is 30.9 Å². The summed E-state index contributed by atoms with van der Waals surface area (Å²) < 4.78 is 27.0. The van der Waals surface area contributed by atoms with Gasteiger partial charge in [-0.15, -0.1) is 0 Å². The number of piperidine rings is 1. The second-order valence-corrected chi connectivity index (χ2v) is 9.09. The molecule has 2 aliphatic heterocycles. The van der Waals surface area contributed by atoms with E-state index in [-0.39, 0.29) is 27.8 Å². The van der Waals surface area contributed by atoms with Gasteiger partial charge in [0, 0.05) is 13.1 Å². The number of hydrogen-bond acceptors (Lipinski definition) is 4. The number of halogens is 1. The highest BCUT2D eigenvalue weighted by atomic mass is 35.5. The average molecular weight is 372 g/mol. The van der Waals surface area contributed by atoms with Crippen LogP contribution in [0.2, 0.25) is 5.02 Å². The molecule has 1 aromatic carbocycles. The molecule has 2 aliphatic rings. The number of rotatable bonds is 3. The van der Waals surface area contributed by atoms with E-state index in [1.54, 1.807) is 18.2 Å². The first-order chi connectivity index (χ1) is 11.3. The van der Waals surface area contributed by atoms with Crippen molar-refractivity contribution in [1.29, 1.82) is 0 Å². The molecule has 2 saturated heterocycles. The Morgan fingerprint density at radius 3 is 2.42 bits per heavy atom. The molecule has 2 N–H and O–H groups in total. The van der Waals surface area contributed by atoms with E-state index >= 15 is 0 Å². The Labute approximate surface area is 147 Å². The Bertz CT molecular complexity index is 743. The Morgan fingerprint density at radius 2 is 1.88 bits per heavy atom. The van der Waals surface area contributed by atoms with Crippen LogP contribution in [0.4, 0.5) is 0 Å². The van der Waals surface area contributed by atoms with Crippen LogP contribution in [0.25, 0.3) is 0 Å². The van der Waals surface area contributed by atoms with Gasteiger partial charge in [0.15, 0.2) is 0 Å². The molecule has 0 radical (unpaired) electrons. The molecule has 1 aromatic rings. The Balaban J connectivity index is 1.74. The van der Waals surface area contributed by atoms with E-state index < -0.39 is 15.7 Å². The van der Waals surface area contributed by atoms with Crippen molar-refractivity contribution in [3.63, 3.8) is 0 Å². The number of carbonyl (C=O) groups excluding carboxylic acids is 1. The van der Waals surface area contributed by atoms with E-state index in [4.69, 9.17) is 11.6 Å². The number of amides is 1. The average Bonchev–Trinajstić information content (AvgIpc) is 2.84. The Kier molecular flexibility index (Phi) is 4.63. The molecule has 0 aliphatic carbocycles. The standard InChI is InChI=1S/C16H22ClN3O3S/c1-11(2)14-15(21)19-16(18-14)7-9-20(10-8-16)24(22,23)13-6-4-3-5-12(13)17/h3-6,11,14,18H,7-10H2,1-2H3,(H,19,21). The summed E-state index contributed by atoms with van der Waals surface area (Å²) in [4.78, 5) is 12.2. The molecule has 1 spiro atoms. The van der Waals surface area contributed by atoms with Crippen LogP contribution in [0.5, 0.6) is 0 Å². The first-order valence-corrected chi connectivity index (χ1v) is 9.91. The van der Waals surface area contributed by atoms with E-state index in [0.717, 1.165) is 0 Å². The lowest BCUT2D eigenvalue weighted by atomic mass is 9.98. The van der Waals surface area contributed by atoms with Gasteiger partial charge in [0.25, 0.3) is 0 Å². The van der Waals surface area contributed by atoms with Crippen LogP contribution in [-0.2, 0) is 14.8 Å². The lowest BCUT2D eigenvalue weighted by molar-refractivity contribution is -0.121. The maximum atomic E-state index is 12.8. The fourth-order valence-electron chi connectivity index (χ4n) is 3.35. The summed E-state index contributed by atoms with van der Waals surface area (Å²) in [6, 6.07) is 6.24. The van der Waals surface area contributed by atoms with Crippen molar-refractivity contribution < 1.29 is 13.2 Å². The third-order valence-corrected chi connectivity index (χ3v) is 7.17. The van der Waals surface area contributed by atoms with Crippen LogP contribution in [-0.4, -0.2) is 43.4 Å². The summed E-state index contributed by atoms with van der Waals surface area (Å²) in [5.41, 5.74) is -0.501. The molecule has 0 bridgehead atoms. The maximum Gasteiger partial charge on any atom is 0.244 e. The minimum absolute atomic E-state index is 0.00703. The smallest absolute Gasteiger partial charge is 0.244 e. The van der Waals surface area contributed by atoms with Crippen molar-refractivity contribution in [2.45, 2.75) is 43.3 Å². The molecular formula is C16H22ClN3O3S. The normalized spacial score (nSPS) is 24.5. The first-order valence-electron chi connectivity index (χ1n) is 8.10. The number of benzene rings is 1. The van der Waals surface area contributed by atoms with Gasteiger partial charge < -0.3 is 5.32 Å². The molecule has 1 amide bonds. The second kappa shape index (κ2) is 6.29. The minimum Gasteiger partial charge on any atom is -0.337 e. The van der Waals surface area contributed by atoms with Crippen LogP contribution in [0, 0.1) is 5.92 Å². The van der Waals surface area contributed by atoms with Gasteiger partial charge in [-0.2, -0.15) is 4.31 Å². The summed E-state index contributed by atoms with van der Waals surface area (Å²) in [5, 5.41) is 6.62. The summed E-state index contributed by atoms with van der Waals surface area (Å²) in [6.45, 7) is 4.66. The topological polar surface area (TPSA) is 78.5 Å². The molecular weight excluding hydrogens is 350 g/mol. The van der Waals surface area contributed by atoms with E-state index in [0.29, 0.717) is 25.9 Å². The van der Waals surface area contributed by atoms with Crippen LogP contribution in [0.15, 0.2) is 29.2 Å². The van der Waals surface area contributed by atoms with E-state index in [9.17, 15) is 13.2 Å². The van der Waals surface area contributed by atoms with Gasteiger partial charge in [-0.25, -0.2) is 8.42 Å². The van der Waals surface area contributed by atoms with E-state index in [2.05, 4.69) is 10.6 Å². The third-order valence-electron chi connectivity index (χ3n) is 4.77. The predicted molar refractivity (Wildman–Crippen MR) is 92.1 cm³/mol. The number of nitrogens with one attached hydrogen (secondary N) is 2. The van der Waals surface area contributed by atoms with Gasteiger partial charge in [0.1, 0.15) is 4.90 Å². The van der Waals surface area contributed by atoms with Crippen molar-refractivity contribution in [3.05, 3.63) is 29.3 Å². The number of nitrogens with zero attached hydrogens (tertiary/aromatic N) is 1. The van der Waals surface area contributed by atoms with Crippen LogP contribution in [0.1, 0.15) is 26.7 Å². The highest BCUT2D eigenvalue weighted by Crippen LogP contribution is 2.31. The zero-order valence-corrected chi connectivity index (χ0v) is 15.3. The van der Waals surface area contributed by atoms with Gasteiger partial charge in [0.2, 0.25) is 15.9 Å². The highest BCUT2D eigenvalue weighted by Gasteiger charge is 2.47. The molecule has 6 nitrogen and oxygen atoms in total. The SMILES string of the molecule is CC(C)C1NC2(CCN(S(=O)(=O)c3ccccc3Cl)CC2)NC1=O. The zero-order chi connectivity index (χ0) is 17.5. The maximum absolute atomic E-state index is 12.8. The molecule has 1 atom stereocenters. The van der Waals surface area contributed by atoms with Gasteiger partial charge in [-0.1, -0.05) is 37.6 Å². The molecule has 1 unspecified atom stereocenters. The van der Waals surface area contributed by atoms with Crippen molar-refractivity contribution in [2.75, 3.05) is 13.1 Å². The fourth-order valence-corrected chi connectivity index (χ4v) is 5.29. The second-order valence-electron chi connectivity index (χ2n) is 6.77. The van der Waals surface area contributed by atoms with Crippen LogP contribution in [0.3, 0.4) is 0 Å². The van der Waals surface area contributed by atoms with Crippen molar-refractivity contribution >= 4 is 27.5 Å². The first kappa shape index (κ1) is 17.7. The summed E-state index contributed by atoms with van der Waals surface area (Å²) in [6.07, 6.45) is 1.07. The molecule has 0 aromatic heterocycles. The highest BCUT2D eigenvalue weighted by molar-refractivity contribution is 7.89. The van der Waals surface area contributed by atoms with E-state index in [1.807, 2.05) is 13.8 Å². The number of hydrogen-bond donors (Lipinski definition) is 2. The zero-order valence-electron chi connectivity index (χ0n) is 13.8.